The van der Waals surface area contributed by atoms with Gasteiger partial charge in [0, 0.05) is 12.1 Å². The van der Waals surface area contributed by atoms with Crippen LogP contribution < -0.4 is 10.5 Å². The van der Waals surface area contributed by atoms with Gasteiger partial charge in [-0.15, -0.1) is 0 Å². The average Bonchev–Trinajstić information content (AvgIpc) is 2.38. The Labute approximate surface area is 104 Å². The SMILES string of the molecule is NCCOc1ccc(-c2ccccc2F)cc1F. The molecule has 0 aliphatic rings. The van der Waals surface area contributed by atoms with Gasteiger partial charge in [-0.3, -0.25) is 0 Å². The van der Waals surface area contributed by atoms with E-state index in [1.165, 1.54) is 18.2 Å². The number of rotatable bonds is 4. The Hall–Kier alpha value is -1.94. The summed E-state index contributed by atoms with van der Waals surface area (Å²) in [6.45, 7) is 0.560. The molecule has 0 aliphatic carbocycles. The van der Waals surface area contributed by atoms with Gasteiger partial charge in [0.25, 0.3) is 0 Å². The second-order valence-electron chi connectivity index (χ2n) is 3.76. The van der Waals surface area contributed by atoms with Gasteiger partial charge in [0.1, 0.15) is 12.4 Å². The Morgan fingerprint density at radius 3 is 2.44 bits per heavy atom. The van der Waals surface area contributed by atoms with Crippen LogP contribution in [0, 0.1) is 11.6 Å². The van der Waals surface area contributed by atoms with Crippen LogP contribution in [-0.4, -0.2) is 13.2 Å². The van der Waals surface area contributed by atoms with Crippen LogP contribution in [-0.2, 0) is 0 Å². The highest BCUT2D eigenvalue weighted by molar-refractivity contribution is 5.65. The highest BCUT2D eigenvalue weighted by Gasteiger charge is 2.08. The van der Waals surface area contributed by atoms with Gasteiger partial charge in [-0.1, -0.05) is 24.3 Å². The fourth-order valence-electron chi connectivity index (χ4n) is 1.65. The van der Waals surface area contributed by atoms with Crippen LogP contribution in [0.1, 0.15) is 0 Å². The topological polar surface area (TPSA) is 35.2 Å². The first kappa shape index (κ1) is 12.5. The van der Waals surface area contributed by atoms with E-state index < -0.39 is 5.82 Å². The molecule has 0 amide bonds. The van der Waals surface area contributed by atoms with Crippen molar-refractivity contribution in [2.75, 3.05) is 13.2 Å². The highest BCUT2D eigenvalue weighted by Crippen LogP contribution is 2.27. The maximum atomic E-state index is 13.7. The van der Waals surface area contributed by atoms with E-state index in [0.29, 0.717) is 17.7 Å². The lowest BCUT2D eigenvalue weighted by molar-refractivity contribution is 0.311. The molecular formula is C14H13F2NO. The highest BCUT2D eigenvalue weighted by atomic mass is 19.1. The van der Waals surface area contributed by atoms with Gasteiger partial charge in [-0.25, -0.2) is 8.78 Å². The summed E-state index contributed by atoms with van der Waals surface area (Å²) in [5.74, 6) is -0.780. The number of ether oxygens (including phenoxy) is 1. The molecule has 2 aromatic carbocycles. The van der Waals surface area contributed by atoms with Crippen molar-refractivity contribution in [2.45, 2.75) is 0 Å². The predicted octanol–water partition coefficient (Wildman–Crippen LogP) is 2.97. The van der Waals surface area contributed by atoms with Crippen LogP contribution in [0.3, 0.4) is 0 Å². The molecule has 0 bridgehead atoms. The molecule has 0 radical (unpaired) electrons. The minimum Gasteiger partial charge on any atom is -0.489 e. The summed E-state index contributed by atoms with van der Waals surface area (Å²) < 4.78 is 32.4. The first-order valence-corrected chi connectivity index (χ1v) is 5.59. The van der Waals surface area contributed by atoms with Crippen LogP contribution >= 0.6 is 0 Å². The second kappa shape index (κ2) is 5.60. The molecule has 0 unspecified atom stereocenters. The van der Waals surface area contributed by atoms with Crippen molar-refractivity contribution in [2.24, 2.45) is 5.73 Å². The third-order valence-electron chi connectivity index (χ3n) is 2.49. The standard InChI is InChI=1S/C14H13F2NO/c15-12-4-2-1-3-11(12)10-5-6-14(13(16)9-10)18-8-7-17/h1-6,9H,7-8,17H2. The van der Waals surface area contributed by atoms with E-state index in [1.54, 1.807) is 24.3 Å². The summed E-state index contributed by atoms with van der Waals surface area (Å²) in [6, 6.07) is 10.6. The first-order valence-electron chi connectivity index (χ1n) is 5.59. The molecule has 0 fully saturated rings. The molecule has 0 heterocycles. The molecule has 0 saturated carbocycles. The Bertz CT molecular complexity index is 543. The quantitative estimate of drug-likeness (QED) is 0.904. The van der Waals surface area contributed by atoms with Gasteiger partial charge in [0.15, 0.2) is 11.6 Å². The van der Waals surface area contributed by atoms with Crippen molar-refractivity contribution in [3.63, 3.8) is 0 Å². The van der Waals surface area contributed by atoms with E-state index >= 15 is 0 Å². The molecule has 2 rings (SSSR count). The van der Waals surface area contributed by atoms with E-state index in [0.717, 1.165) is 0 Å². The maximum absolute atomic E-state index is 13.7. The number of halogens is 2. The van der Waals surface area contributed by atoms with Gasteiger partial charge in [0.2, 0.25) is 0 Å². The summed E-state index contributed by atoms with van der Waals surface area (Å²) in [5, 5.41) is 0. The van der Waals surface area contributed by atoms with Crippen molar-refractivity contribution >= 4 is 0 Å². The number of benzene rings is 2. The van der Waals surface area contributed by atoms with Crippen LogP contribution in [0.5, 0.6) is 5.75 Å². The fourth-order valence-corrected chi connectivity index (χ4v) is 1.65. The van der Waals surface area contributed by atoms with E-state index in [1.807, 2.05) is 0 Å². The molecule has 94 valence electrons. The average molecular weight is 249 g/mol. The first-order chi connectivity index (χ1) is 8.72. The van der Waals surface area contributed by atoms with E-state index in [9.17, 15) is 8.78 Å². The molecule has 0 saturated heterocycles. The summed E-state index contributed by atoms with van der Waals surface area (Å²) >= 11 is 0. The molecule has 0 spiro atoms. The van der Waals surface area contributed by atoms with Crippen LogP contribution in [0.2, 0.25) is 0 Å². The van der Waals surface area contributed by atoms with Gasteiger partial charge >= 0.3 is 0 Å². The fraction of sp³-hybridized carbons (Fsp3) is 0.143. The van der Waals surface area contributed by atoms with Crippen molar-refractivity contribution < 1.29 is 13.5 Å². The zero-order chi connectivity index (χ0) is 13.0. The number of hydrogen-bond acceptors (Lipinski definition) is 2. The smallest absolute Gasteiger partial charge is 0.165 e. The van der Waals surface area contributed by atoms with Crippen LogP contribution in [0.4, 0.5) is 8.78 Å². The Kier molecular flexibility index (Phi) is 3.89. The van der Waals surface area contributed by atoms with Crippen LogP contribution in [0.25, 0.3) is 11.1 Å². The van der Waals surface area contributed by atoms with Crippen molar-refractivity contribution in [1.29, 1.82) is 0 Å². The number of hydrogen-bond donors (Lipinski definition) is 1. The molecule has 18 heavy (non-hydrogen) atoms. The monoisotopic (exact) mass is 249 g/mol. The minimum absolute atomic E-state index is 0.125. The summed E-state index contributed by atoms with van der Waals surface area (Å²) in [5.41, 5.74) is 6.11. The molecule has 4 heteroatoms. The molecule has 2 N–H and O–H groups in total. The lowest BCUT2D eigenvalue weighted by atomic mass is 10.0. The van der Waals surface area contributed by atoms with E-state index in [4.69, 9.17) is 10.5 Å². The molecule has 0 aliphatic heterocycles. The van der Waals surface area contributed by atoms with Gasteiger partial charge in [-0.05, 0) is 23.8 Å². The summed E-state index contributed by atoms with van der Waals surface area (Å²) in [4.78, 5) is 0. The van der Waals surface area contributed by atoms with Crippen molar-refractivity contribution in [1.82, 2.24) is 0 Å². The summed E-state index contributed by atoms with van der Waals surface area (Å²) in [7, 11) is 0. The molecule has 0 aromatic heterocycles. The second-order valence-corrected chi connectivity index (χ2v) is 3.76. The molecule has 0 atom stereocenters. The molecular weight excluding hydrogens is 236 g/mol. The lowest BCUT2D eigenvalue weighted by Crippen LogP contribution is -2.11. The summed E-state index contributed by atoms with van der Waals surface area (Å²) in [6.07, 6.45) is 0. The van der Waals surface area contributed by atoms with Crippen molar-refractivity contribution in [3.05, 3.63) is 54.1 Å². The third-order valence-corrected chi connectivity index (χ3v) is 2.49. The Morgan fingerprint density at radius 1 is 1.00 bits per heavy atom. The largest absolute Gasteiger partial charge is 0.489 e. The third kappa shape index (κ3) is 2.65. The normalized spacial score (nSPS) is 10.4. The number of nitrogens with two attached hydrogens (primary N) is 1. The molecule has 2 nitrogen and oxygen atoms in total. The zero-order valence-corrected chi connectivity index (χ0v) is 9.70. The lowest BCUT2D eigenvalue weighted by Gasteiger charge is -2.08. The Balaban J connectivity index is 2.32. The van der Waals surface area contributed by atoms with Gasteiger partial charge in [-0.2, -0.15) is 0 Å². The minimum atomic E-state index is -0.524. The predicted molar refractivity (Wildman–Crippen MR) is 66.3 cm³/mol. The van der Waals surface area contributed by atoms with Gasteiger partial charge in [0.05, 0.1) is 0 Å². The maximum Gasteiger partial charge on any atom is 0.165 e. The van der Waals surface area contributed by atoms with Gasteiger partial charge < -0.3 is 10.5 Å². The van der Waals surface area contributed by atoms with E-state index in [-0.39, 0.29) is 18.2 Å². The Morgan fingerprint density at radius 2 is 1.78 bits per heavy atom. The van der Waals surface area contributed by atoms with E-state index in [2.05, 4.69) is 0 Å². The molecule has 2 aromatic rings. The zero-order valence-electron chi connectivity index (χ0n) is 9.70. The van der Waals surface area contributed by atoms with Crippen molar-refractivity contribution in [3.8, 4) is 16.9 Å². The van der Waals surface area contributed by atoms with Crippen LogP contribution in [0.15, 0.2) is 42.5 Å².